The molecule has 0 radical (unpaired) electrons. The number of benzene rings is 1. The van der Waals surface area contributed by atoms with Crippen LogP contribution in [0.4, 0.5) is 0 Å². The Morgan fingerprint density at radius 2 is 2.08 bits per heavy atom. The standard InChI is InChI=1S/C10H14N2/c1-6-2-3-7-5-9(11)10(12)8(7)4-6/h2-4,9-10H,5,11-12H2,1H3/t9-,10?/m0/s1. The molecule has 0 bridgehead atoms. The first-order valence-corrected chi connectivity index (χ1v) is 4.29. The highest BCUT2D eigenvalue weighted by atomic mass is 14.8. The molecule has 1 unspecified atom stereocenters. The van der Waals surface area contributed by atoms with Crippen molar-refractivity contribution in [2.45, 2.75) is 25.4 Å². The van der Waals surface area contributed by atoms with Crippen molar-refractivity contribution in [2.24, 2.45) is 11.5 Å². The van der Waals surface area contributed by atoms with E-state index in [1.165, 1.54) is 16.7 Å². The van der Waals surface area contributed by atoms with Gasteiger partial charge in [0, 0.05) is 12.1 Å². The Bertz CT molecular complexity index is 307. The minimum atomic E-state index is 0.0416. The van der Waals surface area contributed by atoms with Gasteiger partial charge in [-0.05, 0) is 24.5 Å². The van der Waals surface area contributed by atoms with E-state index in [-0.39, 0.29) is 12.1 Å². The van der Waals surface area contributed by atoms with Gasteiger partial charge in [0.15, 0.2) is 0 Å². The van der Waals surface area contributed by atoms with E-state index >= 15 is 0 Å². The third-order valence-electron chi connectivity index (χ3n) is 2.58. The van der Waals surface area contributed by atoms with Gasteiger partial charge in [-0.25, -0.2) is 0 Å². The summed E-state index contributed by atoms with van der Waals surface area (Å²) in [7, 11) is 0. The smallest absolute Gasteiger partial charge is 0.0454 e. The third-order valence-corrected chi connectivity index (χ3v) is 2.58. The summed E-state index contributed by atoms with van der Waals surface area (Å²) < 4.78 is 0. The number of fused-ring (bicyclic) bond motifs is 1. The summed E-state index contributed by atoms with van der Waals surface area (Å²) in [6.45, 7) is 2.08. The molecule has 0 saturated carbocycles. The van der Waals surface area contributed by atoms with Gasteiger partial charge >= 0.3 is 0 Å². The zero-order valence-electron chi connectivity index (χ0n) is 7.25. The molecule has 2 atom stereocenters. The van der Waals surface area contributed by atoms with Crippen molar-refractivity contribution in [1.82, 2.24) is 0 Å². The van der Waals surface area contributed by atoms with Gasteiger partial charge in [0.05, 0.1) is 0 Å². The van der Waals surface area contributed by atoms with Crippen molar-refractivity contribution < 1.29 is 0 Å². The molecule has 12 heavy (non-hydrogen) atoms. The van der Waals surface area contributed by atoms with E-state index in [2.05, 4.69) is 25.1 Å². The molecule has 1 aliphatic rings. The normalized spacial score (nSPS) is 27.2. The zero-order chi connectivity index (χ0) is 8.72. The van der Waals surface area contributed by atoms with Crippen LogP contribution < -0.4 is 11.5 Å². The quantitative estimate of drug-likeness (QED) is 0.595. The molecule has 64 valence electrons. The van der Waals surface area contributed by atoms with E-state index in [1.54, 1.807) is 0 Å². The van der Waals surface area contributed by atoms with Crippen molar-refractivity contribution in [2.75, 3.05) is 0 Å². The summed E-state index contributed by atoms with van der Waals surface area (Å²) >= 11 is 0. The average molecular weight is 162 g/mol. The Morgan fingerprint density at radius 3 is 2.83 bits per heavy atom. The van der Waals surface area contributed by atoms with Crippen molar-refractivity contribution in [3.05, 3.63) is 34.9 Å². The molecule has 0 fully saturated rings. The van der Waals surface area contributed by atoms with Gasteiger partial charge in [-0.1, -0.05) is 23.8 Å². The topological polar surface area (TPSA) is 52.0 Å². The SMILES string of the molecule is Cc1ccc2c(c1)C(N)[C@@H](N)C2. The molecule has 0 spiro atoms. The van der Waals surface area contributed by atoms with E-state index in [1.807, 2.05) is 0 Å². The monoisotopic (exact) mass is 162 g/mol. The Labute approximate surface area is 72.6 Å². The molecule has 1 aromatic carbocycles. The molecule has 4 N–H and O–H groups in total. The maximum atomic E-state index is 5.93. The minimum absolute atomic E-state index is 0.0416. The number of rotatable bonds is 0. The maximum absolute atomic E-state index is 5.93. The second kappa shape index (κ2) is 2.57. The molecule has 0 aliphatic heterocycles. The van der Waals surface area contributed by atoms with E-state index in [0.717, 1.165) is 6.42 Å². The van der Waals surface area contributed by atoms with Crippen molar-refractivity contribution in [3.8, 4) is 0 Å². The van der Waals surface area contributed by atoms with Crippen molar-refractivity contribution in [3.63, 3.8) is 0 Å². The summed E-state index contributed by atoms with van der Waals surface area (Å²) in [4.78, 5) is 0. The van der Waals surface area contributed by atoms with E-state index in [4.69, 9.17) is 11.5 Å². The lowest BCUT2D eigenvalue weighted by molar-refractivity contribution is 0.593. The molecule has 1 aromatic rings. The first kappa shape index (κ1) is 7.77. The van der Waals surface area contributed by atoms with Crippen LogP contribution in [0.15, 0.2) is 18.2 Å². The van der Waals surface area contributed by atoms with Crippen molar-refractivity contribution in [1.29, 1.82) is 0 Å². The number of nitrogens with two attached hydrogens (primary N) is 2. The lowest BCUT2D eigenvalue weighted by Gasteiger charge is -2.09. The van der Waals surface area contributed by atoms with Gasteiger partial charge in [0.1, 0.15) is 0 Å². The predicted octanol–water partition coefficient (Wildman–Crippen LogP) is 0.878. The molecule has 2 nitrogen and oxygen atoms in total. The number of hydrogen-bond donors (Lipinski definition) is 2. The molecule has 0 aromatic heterocycles. The van der Waals surface area contributed by atoms with E-state index < -0.39 is 0 Å². The summed E-state index contributed by atoms with van der Waals surface area (Å²) in [5.41, 5.74) is 15.6. The molecule has 0 saturated heterocycles. The predicted molar refractivity (Wildman–Crippen MR) is 49.8 cm³/mol. The van der Waals surface area contributed by atoms with Gasteiger partial charge in [-0.2, -0.15) is 0 Å². The maximum Gasteiger partial charge on any atom is 0.0454 e. The van der Waals surface area contributed by atoms with Gasteiger partial charge in [-0.15, -0.1) is 0 Å². The Kier molecular flexibility index (Phi) is 1.67. The van der Waals surface area contributed by atoms with Crippen molar-refractivity contribution >= 4 is 0 Å². The van der Waals surface area contributed by atoms with Crippen LogP contribution in [-0.2, 0) is 6.42 Å². The van der Waals surface area contributed by atoms with Crippen LogP contribution in [0.1, 0.15) is 22.7 Å². The molecule has 1 aliphatic carbocycles. The molecular weight excluding hydrogens is 148 g/mol. The number of aryl methyl sites for hydroxylation is 1. The highest BCUT2D eigenvalue weighted by molar-refractivity contribution is 5.39. The van der Waals surface area contributed by atoms with Gasteiger partial charge in [0.25, 0.3) is 0 Å². The minimum Gasteiger partial charge on any atom is -0.326 e. The Hall–Kier alpha value is -0.860. The second-order valence-electron chi connectivity index (χ2n) is 3.60. The summed E-state index contributed by atoms with van der Waals surface area (Å²) in [5.74, 6) is 0. The van der Waals surface area contributed by atoms with E-state index in [9.17, 15) is 0 Å². The summed E-state index contributed by atoms with van der Waals surface area (Å²) in [6, 6.07) is 6.55. The lowest BCUT2D eigenvalue weighted by Crippen LogP contribution is -2.30. The highest BCUT2D eigenvalue weighted by Gasteiger charge is 2.26. The van der Waals surface area contributed by atoms with Gasteiger partial charge < -0.3 is 11.5 Å². The van der Waals surface area contributed by atoms with Crippen LogP contribution >= 0.6 is 0 Å². The molecule has 2 rings (SSSR count). The molecule has 2 heteroatoms. The number of hydrogen-bond acceptors (Lipinski definition) is 2. The zero-order valence-corrected chi connectivity index (χ0v) is 7.25. The van der Waals surface area contributed by atoms with Crippen LogP contribution in [0, 0.1) is 6.92 Å². The lowest BCUT2D eigenvalue weighted by atomic mass is 10.1. The third kappa shape index (κ3) is 1.04. The first-order valence-electron chi connectivity index (χ1n) is 4.29. The summed E-state index contributed by atoms with van der Waals surface area (Å²) in [5, 5.41) is 0. The first-order chi connectivity index (χ1) is 5.68. The molecule has 0 heterocycles. The average Bonchev–Trinajstić information content (AvgIpc) is 2.31. The second-order valence-corrected chi connectivity index (χ2v) is 3.60. The van der Waals surface area contributed by atoms with Crippen LogP contribution in [0.2, 0.25) is 0 Å². The fourth-order valence-electron chi connectivity index (χ4n) is 1.82. The van der Waals surface area contributed by atoms with Crippen LogP contribution in [-0.4, -0.2) is 6.04 Å². The molecular formula is C10H14N2. The van der Waals surface area contributed by atoms with E-state index in [0.29, 0.717) is 0 Å². The van der Waals surface area contributed by atoms with Gasteiger partial charge in [-0.3, -0.25) is 0 Å². The fraction of sp³-hybridized carbons (Fsp3) is 0.400. The van der Waals surface area contributed by atoms with Gasteiger partial charge in [0.2, 0.25) is 0 Å². The Balaban J connectivity index is 2.48. The van der Waals surface area contributed by atoms with Crippen LogP contribution in [0.3, 0.4) is 0 Å². The van der Waals surface area contributed by atoms with Crippen LogP contribution in [0.25, 0.3) is 0 Å². The largest absolute Gasteiger partial charge is 0.326 e. The Morgan fingerprint density at radius 1 is 1.33 bits per heavy atom. The highest BCUT2D eigenvalue weighted by Crippen LogP contribution is 2.28. The van der Waals surface area contributed by atoms with Crippen LogP contribution in [0.5, 0.6) is 0 Å². The summed E-state index contributed by atoms with van der Waals surface area (Å²) in [6.07, 6.45) is 0.927. The fourth-order valence-corrected chi connectivity index (χ4v) is 1.82. The molecule has 0 amide bonds.